The molecule has 2 aliphatic rings. The first-order valence-corrected chi connectivity index (χ1v) is 8.39. The second-order valence-electron chi connectivity index (χ2n) is 6.79. The predicted molar refractivity (Wildman–Crippen MR) is 88.2 cm³/mol. The Bertz CT molecular complexity index is 538. The molecule has 2 N–H and O–H groups in total. The van der Waals surface area contributed by atoms with E-state index in [0.29, 0.717) is 35.7 Å². The summed E-state index contributed by atoms with van der Waals surface area (Å²) in [6.07, 6.45) is 2.08. The van der Waals surface area contributed by atoms with E-state index in [1.807, 2.05) is 0 Å². The third-order valence-corrected chi connectivity index (χ3v) is 5.12. The molecule has 0 spiro atoms. The Morgan fingerprint density at radius 2 is 1.96 bits per heavy atom. The summed E-state index contributed by atoms with van der Waals surface area (Å²) in [5, 5.41) is 22.6. The Morgan fingerprint density at radius 3 is 2.57 bits per heavy atom. The van der Waals surface area contributed by atoms with Gasteiger partial charge in [0.05, 0.1) is 11.6 Å². The van der Waals surface area contributed by atoms with Crippen LogP contribution in [0.1, 0.15) is 18.4 Å². The van der Waals surface area contributed by atoms with Gasteiger partial charge in [-0.25, -0.2) is 0 Å². The van der Waals surface area contributed by atoms with Gasteiger partial charge in [0, 0.05) is 12.6 Å². The summed E-state index contributed by atoms with van der Waals surface area (Å²) in [6.45, 7) is 3.11. The van der Waals surface area contributed by atoms with E-state index >= 15 is 0 Å². The highest BCUT2D eigenvalue weighted by Gasteiger charge is 2.41. The van der Waals surface area contributed by atoms with Crippen molar-refractivity contribution >= 4 is 0 Å². The molecule has 0 radical (unpaired) electrons. The number of aliphatic hydroxyl groups excluding tert-OH is 1. The van der Waals surface area contributed by atoms with Crippen LogP contribution in [0.2, 0.25) is 0 Å². The summed E-state index contributed by atoms with van der Waals surface area (Å²) in [5.41, 5.74) is 0.610. The minimum absolute atomic E-state index is 0.274. The highest BCUT2D eigenvalue weighted by Crippen LogP contribution is 2.36. The Kier molecular flexibility index (Phi) is 5.16. The molecule has 2 bridgehead atoms. The van der Waals surface area contributed by atoms with Crippen LogP contribution in [0.15, 0.2) is 24.3 Å². The zero-order valence-electron chi connectivity index (χ0n) is 13.6. The van der Waals surface area contributed by atoms with Crippen LogP contribution in [0.25, 0.3) is 0 Å². The molecule has 1 aliphatic carbocycles. The summed E-state index contributed by atoms with van der Waals surface area (Å²) in [6, 6.07) is 9.64. The van der Waals surface area contributed by atoms with Crippen LogP contribution in [-0.2, 0) is 0 Å². The van der Waals surface area contributed by atoms with Crippen LogP contribution in [0.5, 0.6) is 5.75 Å². The molecule has 1 saturated heterocycles. The van der Waals surface area contributed by atoms with E-state index in [1.54, 1.807) is 24.3 Å². The Balaban J connectivity index is 1.47. The Labute approximate surface area is 137 Å². The van der Waals surface area contributed by atoms with E-state index in [0.717, 1.165) is 13.1 Å². The minimum Gasteiger partial charge on any atom is -0.491 e. The van der Waals surface area contributed by atoms with Gasteiger partial charge in [0.25, 0.3) is 0 Å². The zero-order valence-corrected chi connectivity index (χ0v) is 13.6. The molecule has 0 aromatic heterocycles. The molecule has 1 aliphatic heterocycles. The molecule has 3 atom stereocenters. The summed E-state index contributed by atoms with van der Waals surface area (Å²) in [4.78, 5) is 2.32. The van der Waals surface area contributed by atoms with Gasteiger partial charge in [-0.05, 0) is 69.1 Å². The van der Waals surface area contributed by atoms with Gasteiger partial charge in [-0.2, -0.15) is 5.26 Å². The number of nitriles is 1. The minimum atomic E-state index is -0.509. The van der Waals surface area contributed by atoms with Gasteiger partial charge < -0.3 is 20.1 Å². The summed E-state index contributed by atoms with van der Waals surface area (Å²) in [7, 11) is 2.12. The second-order valence-corrected chi connectivity index (χ2v) is 6.79. The monoisotopic (exact) mass is 315 g/mol. The van der Waals surface area contributed by atoms with Crippen molar-refractivity contribution in [2.45, 2.75) is 25.0 Å². The van der Waals surface area contributed by atoms with Crippen molar-refractivity contribution in [2.75, 3.05) is 33.3 Å². The molecule has 0 amide bonds. The fourth-order valence-corrected chi connectivity index (χ4v) is 4.10. The first kappa shape index (κ1) is 16.3. The van der Waals surface area contributed by atoms with Crippen molar-refractivity contribution in [3.05, 3.63) is 29.8 Å². The fraction of sp³-hybridized carbons (Fsp3) is 0.611. The number of fused-ring (bicyclic) bond motifs is 2. The maximum absolute atomic E-state index is 10.3. The van der Waals surface area contributed by atoms with Crippen LogP contribution < -0.4 is 10.1 Å². The van der Waals surface area contributed by atoms with Gasteiger partial charge in [-0.1, -0.05) is 0 Å². The molecule has 1 heterocycles. The fourth-order valence-electron chi connectivity index (χ4n) is 4.10. The molecule has 2 fully saturated rings. The van der Waals surface area contributed by atoms with Crippen LogP contribution in [0.4, 0.5) is 0 Å². The number of hydrogen-bond donors (Lipinski definition) is 2. The topological polar surface area (TPSA) is 68.5 Å². The molecule has 5 nitrogen and oxygen atoms in total. The highest BCUT2D eigenvalue weighted by atomic mass is 16.5. The van der Waals surface area contributed by atoms with E-state index in [4.69, 9.17) is 10.00 Å². The van der Waals surface area contributed by atoms with Gasteiger partial charge in [0.15, 0.2) is 0 Å². The average Bonchev–Trinajstić information content (AvgIpc) is 2.83. The van der Waals surface area contributed by atoms with Gasteiger partial charge >= 0.3 is 0 Å². The van der Waals surface area contributed by atoms with E-state index in [9.17, 15) is 5.11 Å². The van der Waals surface area contributed by atoms with Crippen molar-refractivity contribution < 1.29 is 9.84 Å². The van der Waals surface area contributed by atoms with E-state index < -0.39 is 6.10 Å². The first-order chi connectivity index (χ1) is 11.2. The molecule has 3 unspecified atom stereocenters. The van der Waals surface area contributed by atoms with Gasteiger partial charge in [-0.15, -0.1) is 0 Å². The number of hydrogen-bond acceptors (Lipinski definition) is 5. The number of nitrogens with one attached hydrogen (secondary N) is 1. The number of ether oxygens (including phenoxy) is 1. The molecule has 23 heavy (non-hydrogen) atoms. The molecule has 1 aromatic rings. The summed E-state index contributed by atoms with van der Waals surface area (Å²) >= 11 is 0. The van der Waals surface area contributed by atoms with Gasteiger partial charge in [0.2, 0.25) is 0 Å². The van der Waals surface area contributed by atoms with E-state index in [1.165, 1.54) is 12.8 Å². The number of piperidine rings is 1. The third kappa shape index (κ3) is 3.84. The number of rotatable bonds is 6. The quantitative estimate of drug-likeness (QED) is 0.826. The number of likely N-dealkylation sites (N-methyl/N-ethyl adjacent to an activating group) is 1. The Hall–Kier alpha value is -1.61. The van der Waals surface area contributed by atoms with Crippen molar-refractivity contribution in [3.8, 4) is 11.8 Å². The van der Waals surface area contributed by atoms with Crippen LogP contribution in [0, 0.1) is 23.2 Å². The SMILES string of the molecule is CN(CC(O)COc1ccc(C#N)cc1)C1C2CCC1CNC2. The summed E-state index contributed by atoms with van der Waals surface area (Å²) < 4.78 is 5.63. The average molecular weight is 315 g/mol. The number of benzene rings is 1. The van der Waals surface area contributed by atoms with E-state index in [2.05, 4.69) is 23.3 Å². The van der Waals surface area contributed by atoms with Crippen LogP contribution >= 0.6 is 0 Å². The predicted octanol–water partition coefficient (Wildman–Crippen LogP) is 1.23. The highest BCUT2D eigenvalue weighted by molar-refractivity contribution is 5.34. The lowest BCUT2D eigenvalue weighted by Crippen LogP contribution is -2.52. The van der Waals surface area contributed by atoms with Crippen molar-refractivity contribution in [3.63, 3.8) is 0 Å². The van der Waals surface area contributed by atoms with Crippen LogP contribution in [-0.4, -0.2) is 55.4 Å². The van der Waals surface area contributed by atoms with Gasteiger partial charge in [-0.3, -0.25) is 0 Å². The molecular formula is C18H25N3O2. The lowest BCUT2D eigenvalue weighted by molar-refractivity contribution is 0.0408. The first-order valence-electron chi connectivity index (χ1n) is 8.39. The lowest BCUT2D eigenvalue weighted by atomic mass is 9.92. The third-order valence-electron chi connectivity index (χ3n) is 5.12. The smallest absolute Gasteiger partial charge is 0.119 e. The van der Waals surface area contributed by atoms with Crippen LogP contribution in [0.3, 0.4) is 0 Å². The molecule has 3 rings (SSSR count). The maximum atomic E-state index is 10.3. The number of nitrogens with zero attached hydrogens (tertiary/aromatic N) is 2. The summed E-state index contributed by atoms with van der Waals surface area (Å²) in [5.74, 6) is 2.11. The van der Waals surface area contributed by atoms with Crippen molar-refractivity contribution in [1.82, 2.24) is 10.2 Å². The zero-order chi connectivity index (χ0) is 16.2. The molecule has 5 heteroatoms. The molecule has 1 saturated carbocycles. The van der Waals surface area contributed by atoms with Crippen molar-refractivity contribution in [2.24, 2.45) is 11.8 Å². The Morgan fingerprint density at radius 1 is 1.30 bits per heavy atom. The lowest BCUT2D eigenvalue weighted by Gasteiger charge is -2.38. The standard InChI is InChI=1S/C18H25N3O2/c1-21(18-14-4-5-15(18)10-20-9-14)11-16(22)12-23-17-6-2-13(8-19)3-7-17/h2-3,6-7,14-16,18,20,22H,4-5,9-12H2,1H3. The second kappa shape index (κ2) is 7.31. The van der Waals surface area contributed by atoms with E-state index in [-0.39, 0.29) is 6.61 Å². The van der Waals surface area contributed by atoms with Gasteiger partial charge in [0.1, 0.15) is 18.5 Å². The molecular weight excluding hydrogens is 290 g/mol. The van der Waals surface area contributed by atoms with Crippen molar-refractivity contribution in [1.29, 1.82) is 5.26 Å². The molecule has 1 aromatic carbocycles. The normalized spacial score (nSPS) is 27.7. The molecule has 124 valence electrons. The maximum Gasteiger partial charge on any atom is 0.119 e. The largest absolute Gasteiger partial charge is 0.491 e. The number of aliphatic hydroxyl groups is 1.